The molecule has 0 heterocycles. The van der Waals surface area contributed by atoms with Crippen molar-refractivity contribution >= 4 is 5.91 Å². The van der Waals surface area contributed by atoms with Gasteiger partial charge in [-0.15, -0.1) is 0 Å². The number of carbonyl (C=O) groups is 1. The summed E-state index contributed by atoms with van der Waals surface area (Å²) in [4.78, 5) is 10.6. The van der Waals surface area contributed by atoms with Crippen molar-refractivity contribution in [2.75, 3.05) is 0 Å². The van der Waals surface area contributed by atoms with E-state index in [2.05, 4.69) is 6.58 Å². The van der Waals surface area contributed by atoms with Gasteiger partial charge in [0.25, 0.3) is 0 Å². The van der Waals surface area contributed by atoms with Gasteiger partial charge in [-0.3, -0.25) is 4.79 Å². The molecule has 0 aromatic heterocycles. The molecule has 0 unspecified atom stereocenters. The molecule has 0 rings (SSSR count). The summed E-state index contributed by atoms with van der Waals surface area (Å²) in [6.07, 6.45) is 4.91. The summed E-state index contributed by atoms with van der Waals surface area (Å²) < 4.78 is 0. The normalized spacial score (nSPS) is 14.3. The van der Waals surface area contributed by atoms with Gasteiger partial charge in [-0.05, 0) is 25.5 Å². The van der Waals surface area contributed by atoms with Crippen LogP contribution < -0.4 is 11.5 Å². The zero-order valence-electron chi connectivity index (χ0n) is 8.23. The van der Waals surface area contributed by atoms with Crippen LogP contribution in [0.25, 0.3) is 0 Å². The maximum Gasteiger partial charge on any atom is 0.234 e. The molecular weight excluding hydrogens is 180 g/mol. The van der Waals surface area contributed by atoms with Crippen LogP contribution in [-0.4, -0.2) is 17.1 Å². The first-order valence-electron chi connectivity index (χ1n) is 4.23. The predicted octanol–water partition coefficient (Wildman–Crippen LogP) is 0.763. The van der Waals surface area contributed by atoms with E-state index in [1.807, 2.05) is 0 Å². The van der Waals surface area contributed by atoms with Crippen molar-refractivity contribution in [1.82, 2.24) is 0 Å². The summed E-state index contributed by atoms with van der Waals surface area (Å²) in [7, 11) is 0. The minimum Gasteiger partial charge on any atom is -0.508 e. The summed E-state index contributed by atoms with van der Waals surface area (Å²) in [5.74, 6) is -0.423. The van der Waals surface area contributed by atoms with Crippen LogP contribution >= 0.6 is 0 Å². The molecule has 0 aromatic carbocycles. The lowest BCUT2D eigenvalue weighted by Gasteiger charge is -2.06. The number of carbonyl (C=O) groups excluding carboxylic acids is 1. The van der Waals surface area contributed by atoms with E-state index in [0.717, 1.165) is 0 Å². The van der Waals surface area contributed by atoms with E-state index in [0.29, 0.717) is 12.0 Å². The smallest absolute Gasteiger partial charge is 0.234 e. The van der Waals surface area contributed by atoms with Gasteiger partial charge in [0.1, 0.15) is 5.76 Å². The number of rotatable bonds is 5. The number of aliphatic hydroxyl groups excluding tert-OH is 1. The fourth-order valence-electron chi connectivity index (χ4n) is 0.751. The quantitative estimate of drug-likeness (QED) is 0.448. The van der Waals surface area contributed by atoms with Gasteiger partial charge in [-0.25, -0.2) is 0 Å². The van der Waals surface area contributed by atoms with E-state index >= 15 is 0 Å². The van der Waals surface area contributed by atoms with Crippen molar-refractivity contribution in [3.05, 3.63) is 36.1 Å². The lowest BCUT2D eigenvalue weighted by molar-refractivity contribution is -0.119. The van der Waals surface area contributed by atoms with E-state index in [1.54, 1.807) is 13.0 Å². The second-order valence-corrected chi connectivity index (χ2v) is 2.92. The number of allylic oxidation sites excluding steroid dienone is 3. The van der Waals surface area contributed by atoms with Crippen LogP contribution in [0.1, 0.15) is 13.3 Å². The molecule has 0 bridgehead atoms. The van der Waals surface area contributed by atoms with Crippen molar-refractivity contribution in [3.8, 4) is 0 Å². The Kier molecular flexibility index (Phi) is 5.33. The van der Waals surface area contributed by atoms with E-state index in [-0.39, 0.29) is 5.76 Å². The Balaban J connectivity index is 4.12. The van der Waals surface area contributed by atoms with Crippen LogP contribution in [-0.2, 0) is 4.79 Å². The Morgan fingerprint density at radius 3 is 2.57 bits per heavy atom. The molecule has 0 spiro atoms. The van der Waals surface area contributed by atoms with Crippen molar-refractivity contribution in [2.45, 2.75) is 19.4 Å². The Morgan fingerprint density at radius 2 is 2.14 bits per heavy atom. The predicted molar refractivity (Wildman–Crippen MR) is 56.5 cm³/mol. The highest BCUT2D eigenvalue weighted by Crippen LogP contribution is 2.04. The number of hydrogen-bond donors (Lipinski definition) is 3. The zero-order valence-corrected chi connectivity index (χ0v) is 8.23. The molecule has 1 amide bonds. The van der Waals surface area contributed by atoms with Crippen LogP contribution in [0.5, 0.6) is 0 Å². The Morgan fingerprint density at radius 1 is 1.57 bits per heavy atom. The molecule has 4 nitrogen and oxygen atoms in total. The maximum absolute atomic E-state index is 10.6. The van der Waals surface area contributed by atoms with Gasteiger partial charge < -0.3 is 16.6 Å². The molecule has 0 aliphatic heterocycles. The van der Waals surface area contributed by atoms with E-state index in [9.17, 15) is 4.79 Å². The summed E-state index contributed by atoms with van der Waals surface area (Å²) in [5, 5.41) is 9.06. The SMILES string of the molecule is C=C(/C=C\C(O)=C/C)C[C@H](N)C(N)=O. The zero-order chi connectivity index (χ0) is 11.1. The first-order chi connectivity index (χ1) is 6.47. The van der Waals surface area contributed by atoms with E-state index in [1.165, 1.54) is 12.2 Å². The molecule has 0 saturated carbocycles. The minimum absolute atomic E-state index is 0.138. The second kappa shape index (κ2) is 5.99. The van der Waals surface area contributed by atoms with Crippen LogP contribution in [0.2, 0.25) is 0 Å². The molecule has 78 valence electrons. The maximum atomic E-state index is 10.6. The first kappa shape index (κ1) is 12.4. The average Bonchev–Trinajstić information content (AvgIpc) is 2.13. The van der Waals surface area contributed by atoms with Crippen LogP contribution in [0, 0.1) is 0 Å². The number of hydrogen-bond acceptors (Lipinski definition) is 3. The molecule has 0 aromatic rings. The standard InChI is InChI=1S/C10H16N2O2/c1-3-8(13)5-4-7(2)6-9(11)10(12)14/h3-5,9,13H,2,6,11H2,1H3,(H2,12,14)/b5-4-,8-3+/t9-/m0/s1. The lowest BCUT2D eigenvalue weighted by Crippen LogP contribution is -2.36. The highest BCUT2D eigenvalue weighted by molar-refractivity contribution is 5.79. The topological polar surface area (TPSA) is 89.3 Å². The molecule has 5 N–H and O–H groups in total. The Bertz CT molecular complexity index is 280. The molecule has 1 atom stereocenters. The van der Waals surface area contributed by atoms with Gasteiger partial charge in [0.05, 0.1) is 6.04 Å². The minimum atomic E-state index is -0.722. The van der Waals surface area contributed by atoms with Gasteiger partial charge >= 0.3 is 0 Å². The summed E-state index contributed by atoms with van der Waals surface area (Å²) in [5.41, 5.74) is 11.0. The Labute approximate surface area is 83.6 Å². The highest BCUT2D eigenvalue weighted by atomic mass is 16.3. The molecule has 0 radical (unpaired) electrons. The van der Waals surface area contributed by atoms with Crippen LogP contribution in [0.4, 0.5) is 0 Å². The van der Waals surface area contributed by atoms with E-state index < -0.39 is 11.9 Å². The molecule has 0 fully saturated rings. The van der Waals surface area contributed by atoms with Gasteiger partial charge in [-0.2, -0.15) is 0 Å². The third-order valence-corrected chi connectivity index (χ3v) is 1.63. The molecule has 0 aliphatic carbocycles. The molecule has 4 heteroatoms. The third-order valence-electron chi connectivity index (χ3n) is 1.63. The van der Waals surface area contributed by atoms with Crippen LogP contribution in [0.3, 0.4) is 0 Å². The lowest BCUT2D eigenvalue weighted by atomic mass is 10.1. The van der Waals surface area contributed by atoms with Gasteiger partial charge in [0.15, 0.2) is 0 Å². The molecule has 0 aliphatic rings. The Hall–Kier alpha value is -1.55. The summed E-state index contributed by atoms with van der Waals surface area (Å²) in [6, 6.07) is -0.722. The number of primary amides is 1. The largest absolute Gasteiger partial charge is 0.508 e. The number of nitrogens with two attached hydrogens (primary N) is 2. The van der Waals surface area contributed by atoms with E-state index in [4.69, 9.17) is 16.6 Å². The van der Waals surface area contributed by atoms with Crippen molar-refractivity contribution < 1.29 is 9.90 Å². The third kappa shape index (κ3) is 5.16. The van der Waals surface area contributed by atoms with Crippen LogP contribution in [0.15, 0.2) is 36.1 Å². The second-order valence-electron chi connectivity index (χ2n) is 2.92. The first-order valence-corrected chi connectivity index (χ1v) is 4.23. The highest BCUT2D eigenvalue weighted by Gasteiger charge is 2.08. The van der Waals surface area contributed by atoms with Gasteiger partial charge in [0.2, 0.25) is 5.91 Å². The molecule has 0 saturated heterocycles. The molecular formula is C10H16N2O2. The van der Waals surface area contributed by atoms with Gasteiger partial charge in [0, 0.05) is 0 Å². The van der Waals surface area contributed by atoms with Gasteiger partial charge in [-0.1, -0.05) is 18.2 Å². The fourth-order valence-corrected chi connectivity index (χ4v) is 0.751. The summed E-state index contributed by atoms with van der Waals surface area (Å²) in [6.45, 7) is 5.38. The van der Waals surface area contributed by atoms with Crippen molar-refractivity contribution in [2.24, 2.45) is 11.5 Å². The number of aliphatic hydroxyl groups is 1. The average molecular weight is 196 g/mol. The monoisotopic (exact) mass is 196 g/mol. The van der Waals surface area contributed by atoms with Crippen molar-refractivity contribution in [3.63, 3.8) is 0 Å². The van der Waals surface area contributed by atoms with Crippen molar-refractivity contribution in [1.29, 1.82) is 0 Å². The molecule has 14 heavy (non-hydrogen) atoms. The summed E-state index contributed by atoms with van der Waals surface area (Å²) >= 11 is 0. The fraction of sp³-hybridized carbons (Fsp3) is 0.300. The number of amides is 1.